The Labute approximate surface area is 131 Å². The highest BCUT2D eigenvalue weighted by atomic mass is 79.9. The van der Waals surface area contributed by atoms with E-state index in [9.17, 15) is 0 Å². The molecule has 104 valence electrons. The van der Waals surface area contributed by atoms with E-state index in [4.69, 9.17) is 16.3 Å². The van der Waals surface area contributed by atoms with Crippen LogP contribution in [0.5, 0.6) is 11.6 Å². The molecule has 0 amide bonds. The molecule has 1 fully saturated rings. The molecule has 0 atom stereocenters. The molecule has 1 aliphatic rings. The van der Waals surface area contributed by atoms with E-state index in [-0.39, 0.29) is 0 Å². The summed E-state index contributed by atoms with van der Waals surface area (Å²) in [6.45, 7) is 0.802. The molecule has 5 heteroatoms. The van der Waals surface area contributed by atoms with Gasteiger partial charge in [-0.2, -0.15) is 0 Å². The van der Waals surface area contributed by atoms with Crippen molar-refractivity contribution in [3.63, 3.8) is 0 Å². The Balaban J connectivity index is 1.68. The summed E-state index contributed by atoms with van der Waals surface area (Å²) in [6.07, 6.45) is 4.34. The largest absolute Gasteiger partial charge is 0.438 e. The normalized spacial score (nSPS) is 14.3. The van der Waals surface area contributed by atoms with E-state index in [0.717, 1.165) is 16.6 Å². The van der Waals surface area contributed by atoms with Gasteiger partial charge in [-0.15, -0.1) is 0 Å². The molecule has 3 nitrogen and oxygen atoms in total. The van der Waals surface area contributed by atoms with Gasteiger partial charge < -0.3 is 10.1 Å². The van der Waals surface area contributed by atoms with Gasteiger partial charge >= 0.3 is 0 Å². The molecule has 1 aromatic heterocycles. The summed E-state index contributed by atoms with van der Waals surface area (Å²) < 4.78 is 6.68. The summed E-state index contributed by atoms with van der Waals surface area (Å²) >= 11 is 9.60. The van der Waals surface area contributed by atoms with Crippen LogP contribution in [0.1, 0.15) is 18.4 Å². The zero-order valence-corrected chi connectivity index (χ0v) is 13.1. The van der Waals surface area contributed by atoms with Crippen LogP contribution in [-0.4, -0.2) is 11.0 Å². The first-order valence-electron chi connectivity index (χ1n) is 6.52. The van der Waals surface area contributed by atoms with Crippen molar-refractivity contribution in [2.45, 2.75) is 25.4 Å². The minimum absolute atomic E-state index is 0.434. The van der Waals surface area contributed by atoms with Gasteiger partial charge in [-0.1, -0.05) is 27.5 Å². The summed E-state index contributed by atoms with van der Waals surface area (Å²) in [7, 11) is 0. The van der Waals surface area contributed by atoms with Crippen molar-refractivity contribution in [2.24, 2.45) is 0 Å². The fourth-order valence-electron chi connectivity index (χ4n) is 1.80. The lowest BCUT2D eigenvalue weighted by Crippen LogP contribution is -2.15. The second kappa shape index (κ2) is 6.12. The first-order valence-corrected chi connectivity index (χ1v) is 7.69. The number of halogens is 2. The number of benzene rings is 1. The number of nitrogens with one attached hydrogen (secondary N) is 1. The van der Waals surface area contributed by atoms with Gasteiger partial charge in [0.05, 0.1) is 0 Å². The van der Waals surface area contributed by atoms with Crippen molar-refractivity contribution in [2.75, 3.05) is 0 Å². The first kappa shape index (κ1) is 13.9. The summed E-state index contributed by atoms with van der Waals surface area (Å²) in [5.41, 5.74) is 1.07. The monoisotopic (exact) mass is 352 g/mol. The lowest BCUT2D eigenvalue weighted by molar-refractivity contribution is 0.462. The molecule has 2 aromatic rings. The van der Waals surface area contributed by atoms with Crippen LogP contribution in [0.4, 0.5) is 0 Å². The predicted octanol–water partition coefficient (Wildman–Crippen LogP) is 4.54. The van der Waals surface area contributed by atoms with Crippen LogP contribution in [-0.2, 0) is 6.54 Å². The quantitative estimate of drug-likeness (QED) is 0.857. The number of pyridine rings is 1. The topological polar surface area (TPSA) is 34.2 Å². The van der Waals surface area contributed by atoms with E-state index in [1.807, 2.05) is 30.3 Å². The minimum Gasteiger partial charge on any atom is -0.438 e. The van der Waals surface area contributed by atoms with Gasteiger partial charge in [0, 0.05) is 23.3 Å². The Kier molecular flexibility index (Phi) is 4.24. The van der Waals surface area contributed by atoms with Gasteiger partial charge in [-0.05, 0) is 48.7 Å². The van der Waals surface area contributed by atoms with E-state index in [2.05, 4.69) is 26.2 Å². The van der Waals surface area contributed by atoms with Crippen LogP contribution < -0.4 is 10.1 Å². The molecule has 1 saturated carbocycles. The highest BCUT2D eigenvalue weighted by molar-refractivity contribution is 9.10. The molecule has 0 saturated heterocycles. The van der Waals surface area contributed by atoms with E-state index in [1.54, 1.807) is 6.20 Å². The number of aromatic nitrogens is 1. The Morgan fingerprint density at radius 2 is 2.05 bits per heavy atom. The molecule has 20 heavy (non-hydrogen) atoms. The molecule has 1 aliphatic carbocycles. The summed E-state index contributed by atoms with van der Waals surface area (Å²) in [5, 5.41) is 3.96. The standard InChI is InChI=1S/C15H14BrClN2O/c16-11-1-5-13(6-2-11)20-15-14(17)7-10(9-19-15)8-18-12-3-4-12/h1-2,5-7,9,12,18H,3-4,8H2. The van der Waals surface area contributed by atoms with Gasteiger partial charge in [0.15, 0.2) is 0 Å². The average Bonchev–Trinajstić information content (AvgIpc) is 3.26. The zero-order chi connectivity index (χ0) is 13.9. The number of hydrogen-bond acceptors (Lipinski definition) is 3. The Morgan fingerprint density at radius 3 is 2.70 bits per heavy atom. The van der Waals surface area contributed by atoms with Crippen molar-refractivity contribution in [1.82, 2.24) is 10.3 Å². The Hall–Kier alpha value is -1.10. The SMILES string of the molecule is Clc1cc(CNC2CC2)cnc1Oc1ccc(Br)cc1. The van der Waals surface area contributed by atoms with Crippen LogP contribution in [0.3, 0.4) is 0 Å². The smallest absolute Gasteiger partial charge is 0.238 e. The maximum atomic E-state index is 6.22. The third kappa shape index (κ3) is 3.72. The van der Waals surface area contributed by atoms with Crippen molar-refractivity contribution in [1.29, 1.82) is 0 Å². The Morgan fingerprint density at radius 1 is 1.30 bits per heavy atom. The van der Waals surface area contributed by atoms with E-state index < -0.39 is 0 Å². The third-order valence-electron chi connectivity index (χ3n) is 3.06. The maximum Gasteiger partial charge on any atom is 0.238 e. The second-order valence-electron chi connectivity index (χ2n) is 4.84. The van der Waals surface area contributed by atoms with Gasteiger partial charge in [0.2, 0.25) is 5.88 Å². The first-order chi connectivity index (χ1) is 9.70. The summed E-state index contributed by atoms with van der Waals surface area (Å²) in [4.78, 5) is 4.29. The highest BCUT2D eigenvalue weighted by Crippen LogP contribution is 2.28. The molecular weight excluding hydrogens is 340 g/mol. The molecular formula is C15H14BrClN2O. The van der Waals surface area contributed by atoms with Gasteiger partial charge in [0.25, 0.3) is 0 Å². The van der Waals surface area contributed by atoms with Crippen molar-refractivity contribution in [3.8, 4) is 11.6 Å². The van der Waals surface area contributed by atoms with Crippen LogP contribution in [0, 0.1) is 0 Å². The van der Waals surface area contributed by atoms with Crippen molar-refractivity contribution < 1.29 is 4.74 Å². The van der Waals surface area contributed by atoms with Crippen LogP contribution in [0.25, 0.3) is 0 Å². The number of hydrogen-bond donors (Lipinski definition) is 1. The average molecular weight is 354 g/mol. The van der Waals surface area contributed by atoms with E-state index >= 15 is 0 Å². The fourth-order valence-corrected chi connectivity index (χ4v) is 2.29. The summed E-state index contributed by atoms with van der Waals surface area (Å²) in [5.74, 6) is 1.15. The molecule has 0 unspecified atom stereocenters. The summed E-state index contributed by atoms with van der Waals surface area (Å²) in [6, 6.07) is 10.1. The van der Waals surface area contributed by atoms with Gasteiger partial charge in [-0.25, -0.2) is 4.98 Å². The molecule has 1 heterocycles. The molecule has 3 rings (SSSR count). The zero-order valence-electron chi connectivity index (χ0n) is 10.8. The maximum absolute atomic E-state index is 6.22. The predicted molar refractivity (Wildman–Crippen MR) is 83.3 cm³/mol. The van der Waals surface area contributed by atoms with E-state index in [1.165, 1.54) is 12.8 Å². The van der Waals surface area contributed by atoms with Crippen molar-refractivity contribution in [3.05, 3.63) is 51.6 Å². The number of nitrogens with zero attached hydrogens (tertiary/aromatic N) is 1. The van der Waals surface area contributed by atoms with Crippen LogP contribution in [0.2, 0.25) is 5.02 Å². The minimum atomic E-state index is 0.434. The lowest BCUT2D eigenvalue weighted by atomic mass is 10.3. The third-order valence-corrected chi connectivity index (χ3v) is 3.86. The number of ether oxygens (including phenoxy) is 1. The Bertz CT molecular complexity index is 599. The molecule has 0 aliphatic heterocycles. The molecule has 0 radical (unpaired) electrons. The fraction of sp³-hybridized carbons (Fsp3) is 0.267. The van der Waals surface area contributed by atoms with E-state index in [0.29, 0.717) is 22.7 Å². The van der Waals surface area contributed by atoms with Crippen LogP contribution >= 0.6 is 27.5 Å². The molecule has 0 bridgehead atoms. The molecule has 1 aromatic carbocycles. The second-order valence-corrected chi connectivity index (χ2v) is 6.16. The van der Waals surface area contributed by atoms with Crippen molar-refractivity contribution >= 4 is 27.5 Å². The molecule has 1 N–H and O–H groups in total. The van der Waals surface area contributed by atoms with Gasteiger partial charge in [0.1, 0.15) is 10.8 Å². The van der Waals surface area contributed by atoms with Gasteiger partial charge in [-0.3, -0.25) is 0 Å². The molecule has 0 spiro atoms. The lowest BCUT2D eigenvalue weighted by Gasteiger charge is -2.08. The van der Waals surface area contributed by atoms with Crippen LogP contribution in [0.15, 0.2) is 41.0 Å². The highest BCUT2D eigenvalue weighted by Gasteiger charge is 2.20. The number of rotatable bonds is 5.